The van der Waals surface area contributed by atoms with E-state index >= 15 is 0 Å². The average Bonchev–Trinajstić information content (AvgIpc) is 2.72. The number of aldehydes is 1. The highest BCUT2D eigenvalue weighted by atomic mass is 16.3. The zero-order chi connectivity index (χ0) is 11.5. The predicted molar refractivity (Wildman–Crippen MR) is 57.2 cm³/mol. The summed E-state index contributed by atoms with van der Waals surface area (Å²) in [4.78, 5) is 22.0. The molecule has 82 valence electrons. The van der Waals surface area contributed by atoms with E-state index in [2.05, 4.69) is 5.10 Å². The Bertz CT molecular complexity index is 545. The summed E-state index contributed by atoms with van der Waals surface area (Å²) in [6.45, 7) is -0.454. The Morgan fingerprint density at radius 1 is 1.50 bits per heavy atom. The molecule has 0 aliphatic rings. The second-order valence-corrected chi connectivity index (χ2v) is 3.32. The molecule has 2 aromatic rings. The molecule has 16 heavy (non-hydrogen) atoms. The minimum absolute atomic E-state index is 0.0965. The average molecular weight is 218 g/mol. The van der Waals surface area contributed by atoms with E-state index < -0.39 is 6.61 Å². The number of aromatic nitrogens is 2. The fourth-order valence-corrected chi connectivity index (χ4v) is 1.66. The van der Waals surface area contributed by atoms with Gasteiger partial charge in [-0.3, -0.25) is 9.48 Å². The molecule has 0 saturated heterocycles. The van der Waals surface area contributed by atoms with Crippen LogP contribution in [-0.4, -0.2) is 33.6 Å². The molecule has 1 aromatic heterocycles. The van der Waals surface area contributed by atoms with Crippen molar-refractivity contribution < 1.29 is 14.7 Å². The predicted octanol–water partition coefficient (Wildman–Crippen LogP) is 0.410. The largest absolute Gasteiger partial charge is 0.388 e. The van der Waals surface area contributed by atoms with E-state index in [1.54, 1.807) is 24.4 Å². The zero-order valence-corrected chi connectivity index (χ0v) is 8.46. The maximum Gasteiger partial charge on any atom is 0.190 e. The first-order valence-electron chi connectivity index (χ1n) is 4.80. The monoisotopic (exact) mass is 218 g/mol. The lowest BCUT2D eigenvalue weighted by Crippen LogP contribution is -2.09. The van der Waals surface area contributed by atoms with E-state index in [4.69, 9.17) is 5.11 Å². The maximum atomic E-state index is 11.5. The van der Waals surface area contributed by atoms with Crippen LogP contribution in [0.5, 0.6) is 0 Å². The highest BCUT2D eigenvalue weighted by molar-refractivity contribution is 6.07. The summed E-state index contributed by atoms with van der Waals surface area (Å²) in [5.41, 5.74) is 0.980. The number of para-hydroxylation sites is 1. The standard InChI is InChI=1S/C11H10N2O3/c14-5-4-13-11-8(6-12-13)2-1-3-9(11)10(16)7-15/h1-3,5-6,15H,4,7H2. The summed E-state index contributed by atoms with van der Waals surface area (Å²) in [5.74, 6) is -0.377. The first kappa shape index (κ1) is 10.5. The summed E-state index contributed by atoms with van der Waals surface area (Å²) in [6, 6.07) is 5.14. The van der Waals surface area contributed by atoms with Crippen molar-refractivity contribution in [2.24, 2.45) is 0 Å². The molecular weight excluding hydrogens is 208 g/mol. The van der Waals surface area contributed by atoms with Crippen LogP contribution in [0.15, 0.2) is 24.4 Å². The van der Waals surface area contributed by atoms with E-state index in [1.807, 2.05) is 0 Å². The number of Topliss-reactive ketones (excluding diaryl/α,β-unsaturated/α-hetero) is 1. The van der Waals surface area contributed by atoms with Gasteiger partial charge in [-0.25, -0.2) is 0 Å². The third-order valence-corrected chi connectivity index (χ3v) is 2.35. The molecule has 0 spiro atoms. The van der Waals surface area contributed by atoms with Crippen LogP contribution in [0.1, 0.15) is 10.4 Å². The van der Waals surface area contributed by atoms with E-state index in [0.29, 0.717) is 17.4 Å². The summed E-state index contributed by atoms with van der Waals surface area (Å²) in [6.07, 6.45) is 2.31. The Morgan fingerprint density at radius 3 is 3.00 bits per heavy atom. The van der Waals surface area contributed by atoms with Crippen LogP contribution in [0.25, 0.3) is 10.9 Å². The maximum absolute atomic E-state index is 11.5. The summed E-state index contributed by atoms with van der Waals surface area (Å²) >= 11 is 0. The SMILES string of the molecule is O=CCn1ncc2cccc(C(=O)CO)c21. The van der Waals surface area contributed by atoms with Crippen molar-refractivity contribution in [2.45, 2.75) is 6.54 Å². The number of ketones is 1. The molecular formula is C11H10N2O3. The first-order valence-corrected chi connectivity index (χ1v) is 4.80. The Labute approximate surface area is 91.3 Å². The van der Waals surface area contributed by atoms with Crippen molar-refractivity contribution in [3.05, 3.63) is 30.0 Å². The molecule has 2 rings (SSSR count). The molecule has 0 saturated carbocycles. The number of fused-ring (bicyclic) bond motifs is 1. The number of aliphatic hydroxyl groups excluding tert-OH is 1. The van der Waals surface area contributed by atoms with Crippen molar-refractivity contribution in [2.75, 3.05) is 6.61 Å². The van der Waals surface area contributed by atoms with Gasteiger partial charge in [0.05, 0.1) is 18.3 Å². The molecule has 5 heteroatoms. The third-order valence-electron chi connectivity index (χ3n) is 2.35. The van der Waals surface area contributed by atoms with Gasteiger partial charge in [0.15, 0.2) is 5.78 Å². The molecule has 5 nitrogen and oxygen atoms in total. The van der Waals surface area contributed by atoms with E-state index in [0.717, 1.165) is 5.39 Å². The third kappa shape index (κ3) is 1.61. The van der Waals surface area contributed by atoms with Gasteiger partial charge in [-0.15, -0.1) is 0 Å². The lowest BCUT2D eigenvalue weighted by molar-refractivity contribution is -0.108. The van der Waals surface area contributed by atoms with Gasteiger partial charge in [-0.1, -0.05) is 12.1 Å². The van der Waals surface area contributed by atoms with Gasteiger partial charge in [0, 0.05) is 10.9 Å². The van der Waals surface area contributed by atoms with Gasteiger partial charge < -0.3 is 9.90 Å². The molecule has 1 aromatic carbocycles. The van der Waals surface area contributed by atoms with Crippen molar-refractivity contribution in [3.8, 4) is 0 Å². The number of benzene rings is 1. The number of aliphatic hydroxyl groups is 1. The number of hydrogen-bond acceptors (Lipinski definition) is 4. The van der Waals surface area contributed by atoms with Gasteiger partial charge in [0.2, 0.25) is 0 Å². The van der Waals surface area contributed by atoms with Crippen LogP contribution in [0.4, 0.5) is 0 Å². The Hall–Kier alpha value is -2.01. The fourth-order valence-electron chi connectivity index (χ4n) is 1.66. The van der Waals surface area contributed by atoms with Crippen molar-refractivity contribution in [3.63, 3.8) is 0 Å². The Balaban J connectivity index is 2.67. The minimum atomic E-state index is -0.550. The number of hydrogen-bond donors (Lipinski definition) is 1. The van der Waals surface area contributed by atoms with Crippen molar-refractivity contribution in [1.29, 1.82) is 0 Å². The zero-order valence-electron chi connectivity index (χ0n) is 8.46. The van der Waals surface area contributed by atoms with Crippen molar-refractivity contribution >= 4 is 23.0 Å². The van der Waals surface area contributed by atoms with Crippen molar-refractivity contribution in [1.82, 2.24) is 9.78 Å². The molecule has 0 fully saturated rings. The summed E-state index contributed by atoms with van der Waals surface area (Å²) in [7, 11) is 0. The van der Waals surface area contributed by atoms with E-state index in [-0.39, 0.29) is 12.3 Å². The number of carbonyl (C=O) groups excluding carboxylic acids is 2. The van der Waals surface area contributed by atoms with Gasteiger partial charge in [0.1, 0.15) is 12.9 Å². The fraction of sp³-hybridized carbons (Fsp3) is 0.182. The van der Waals surface area contributed by atoms with Crippen LogP contribution in [0.2, 0.25) is 0 Å². The van der Waals surface area contributed by atoms with Gasteiger partial charge in [0.25, 0.3) is 0 Å². The van der Waals surface area contributed by atoms with Gasteiger partial charge in [-0.2, -0.15) is 5.10 Å². The lowest BCUT2D eigenvalue weighted by atomic mass is 10.1. The lowest BCUT2D eigenvalue weighted by Gasteiger charge is -2.03. The summed E-state index contributed by atoms with van der Waals surface area (Å²) < 4.78 is 1.45. The number of carbonyl (C=O) groups is 2. The highest BCUT2D eigenvalue weighted by Crippen LogP contribution is 2.18. The Kier molecular flexibility index (Phi) is 2.78. The van der Waals surface area contributed by atoms with E-state index in [1.165, 1.54) is 4.68 Å². The molecule has 0 aliphatic carbocycles. The number of nitrogens with zero attached hydrogens (tertiary/aromatic N) is 2. The number of rotatable bonds is 4. The molecule has 1 heterocycles. The molecule has 0 aliphatic heterocycles. The normalized spacial score (nSPS) is 10.6. The van der Waals surface area contributed by atoms with Crippen LogP contribution in [-0.2, 0) is 11.3 Å². The molecule has 0 unspecified atom stereocenters. The quantitative estimate of drug-likeness (QED) is 0.596. The smallest absolute Gasteiger partial charge is 0.190 e. The van der Waals surface area contributed by atoms with Gasteiger partial charge >= 0.3 is 0 Å². The van der Waals surface area contributed by atoms with Crippen LogP contribution >= 0.6 is 0 Å². The summed E-state index contributed by atoms with van der Waals surface area (Å²) in [5, 5.41) is 13.7. The molecule has 0 bridgehead atoms. The molecule has 0 amide bonds. The second-order valence-electron chi connectivity index (χ2n) is 3.32. The minimum Gasteiger partial charge on any atom is -0.388 e. The Morgan fingerprint density at radius 2 is 2.31 bits per heavy atom. The first-order chi connectivity index (χ1) is 7.77. The van der Waals surface area contributed by atoms with Crippen LogP contribution < -0.4 is 0 Å². The van der Waals surface area contributed by atoms with E-state index in [9.17, 15) is 9.59 Å². The molecule has 0 radical (unpaired) electrons. The molecule has 0 atom stereocenters. The highest BCUT2D eigenvalue weighted by Gasteiger charge is 2.12. The topological polar surface area (TPSA) is 72.2 Å². The second kappa shape index (κ2) is 4.24. The van der Waals surface area contributed by atoms with Crippen LogP contribution in [0, 0.1) is 0 Å². The molecule has 1 N–H and O–H groups in total. The van der Waals surface area contributed by atoms with Crippen LogP contribution in [0.3, 0.4) is 0 Å². The van der Waals surface area contributed by atoms with Gasteiger partial charge in [-0.05, 0) is 6.07 Å².